The van der Waals surface area contributed by atoms with Crippen molar-refractivity contribution in [1.82, 2.24) is 9.71 Å². The van der Waals surface area contributed by atoms with Gasteiger partial charge in [0.25, 0.3) is 0 Å². The third-order valence-electron chi connectivity index (χ3n) is 2.02. The summed E-state index contributed by atoms with van der Waals surface area (Å²) in [4.78, 5) is 3.35. The molecule has 0 aromatic carbocycles. The van der Waals surface area contributed by atoms with Crippen LogP contribution in [-0.2, 0) is 10.0 Å². The second-order valence-electron chi connectivity index (χ2n) is 3.50. The summed E-state index contributed by atoms with van der Waals surface area (Å²) in [5.41, 5.74) is 5.37. The third-order valence-corrected chi connectivity index (χ3v) is 3.53. The Balaban J connectivity index is 2.59. The molecular weight excluding hydrogens is 271 g/mol. The SMILES string of the molecule is Nc1ncccc1S(=O)(=O)NCCCC(F)(F)F. The smallest absolute Gasteiger partial charge is 0.383 e. The molecule has 0 unspecified atom stereocenters. The molecule has 0 saturated carbocycles. The predicted molar refractivity (Wildman–Crippen MR) is 59.1 cm³/mol. The molecule has 18 heavy (non-hydrogen) atoms. The van der Waals surface area contributed by atoms with Gasteiger partial charge in [0, 0.05) is 19.2 Å². The van der Waals surface area contributed by atoms with E-state index < -0.39 is 22.6 Å². The summed E-state index contributed by atoms with van der Waals surface area (Å²) in [6, 6.07) is 2.61. The number of pyridine rings is 1. The van der Waals surface area contributed by atoms with E-state index in [2.05, 4.69) is 4.98 Å². The highest BCUT2D eigenvalue weighted by atomic mass is 32.2. The molecule has 9 heteroatoms. The molecule has 1 rings (SSSR count). The Hall–Kier alpha value is -1.35. The lowest BCUT2D eigenvalue weighted by Gasteiger charge is -2.09. The lowest BCUT2D eigenvalue weighted by molar-refractivity contribution is -0.135. The Labute approximate surface area is 102 Å². The van der Waals surface area contributed by atoms with Crippen LogP contribution in [0.4, 0.5) is 19.0 Å². The molecule has 0 aliphatic heterocycles. The van der Waals surface area contributed by atoms with Crippen molar-refractivity contribution in [3.05, 3.63) is 18.3 Å². The number of hydrogen-bond donors (Lipinski definition) is 2. The van der Waals surface area contributed by atoms with E-state index in [1.165, 1.54) is 18.3 Å². The maximum atomic E-state index is 11.9. The molecule has 0 amide bonds. The van der Waals surface area contributed by atoms with Gasteiger partial charge in [-0.3, -0.25) is 0 Å². The lowest BCUT2D eigenvalue weighted by Crippen LogP contribution is -2.26. The Morgan fingerprint density at radius 2 is 2.06 bits per heavy atom. The molecule has 0 atom stereocenters. The van der Waals surface area contributed by atoms with Crippen LogP contribution in [0.25, 0.3) is 0 Å². The van der Waals surface area contributed by atoms with E-state index in [4.69, 9.17) is 5.73 Å². The second kappa shape index (κ2) is 5.53. The van der Waals surface area contributed by atoms with Crippen LogP contribution in [0, 0.1) is 0 Å². The molecule has 1 aromatic rings. The maximum Gasteiger partial charge on any atom is 0.389 e. The largest absolute Gasteiger partial charge is 0.389 e. The molecule has 5 nitrogen and oxygen atoms in total. The summed E-state index contributed by atoms with van der Waals surface area (Å²) >= 11 is 0. The average molecular weight is 283 g/mol. The van der Waals surface area contributed by atoms with E-state index in [-0.39, 0.29) is 23.7 Å². The number of rotatable bonds is 5. The van der Waals surface area contributed by atoms with Gasteiger partial charge in [-0.2, -0.15) is 13.2 Å². The van der Waals surface area contributed by atoms with Crippen LogP contribution in [0.15, 0.2) is 23.2 Å². The molecule has 0 spiro atoms. The minimum absolute atomic E-state index is 0.194. The zero-order valence-electron chi connectivity index (χ0n) is 9.24. The summed E-state index contributed by atoms with van der Waals surface area (Å²) in [6.07, 6.45) is -4.35. The first-order chi connectivity index (χ1) is 8.22. The molecule has 1 aromatic heterocycles. The molecule has 0 radical (unpaired) electrons. The van der Waals surface area contributed by atoms with Gasteiger partial charge in [-0.25, -0.2) is 18.1 Å². The fraction of sp³-hybridized carbons (Fsp3) is 0.444. The first-order valence-electron chi connectivity index (χ1n) is 4.99. The van der Waals surface area contributed by atoms with Gasteiger partial charge in [0.1, 0.15) is 10.7 Å². The van der Waals surface area contributed by atoms with Gasteiger partial charge in [0.15, 0.2) is 0 Å². The van der Waals surface area contributed by atoms with Crippen LogP contribution in [0.2, 0.25) is 0 Å². The Bertz CT molecular complexity index is 502. The van der Waals surface area contributed by atoms with E-state index in [0.717, 1.165) is 0 Å². The van der Waals surface area contributed by atoms with E-state index >= 15 is 0 Å². The molecule has 0 fully saturated rings. The molecular formula is C9H12F3N3O2S. The molecule has 0 aliphatic rings. The summed E-state index contributed by atoms with van der Waals surface area (Å²) in [5.74, 6) is -0.194. The highest BCUT2D eigenvalue weighted by Gasteiger charge is 2.26. The fourth-order valence-corrected chi connectivity index (χ4v) is 2.36. The van der Waals surface area contributed by atoms with Crippen molar-refractivity contribution in [2.24, 2.45) is 0 Å². The van der Waals surface area contributed by atoms with Crippen LogP contribution in [0.5, 0.6) is 0 Å². The maximum absolute atomic E-state index is 11.9. The summed E-state index contributed by atoms with van der Waals surface area (Å²) in [6.45, 7) is -0.309. The number of hydrogen-bond acceptors (Lipinski definition) is 4. The number of sulfonamides is 1. The topological polar surface area (TPSA) is 85.1 Å². The Morgan fingerprint density at radius 3 is 2.61 bits per heavy atom. The minimum Gasteiger partial charge on any atom is -0.383 e. The average Bonchev–Trinajstić information content (AvgIpc) is 2.24. The zero-order valence-corrected chi connectivity index (χ0v) is 10.1. The highest BCUT2D eigenvalue weighted by Crippen LogP contribution is 2.21. The fourth-order valence-electron chi connectivity index (χ4n) is 1.20. The highest BCUT2D eigenvalue weighted by molar-refractivity contribution is 7.89. The summed E-state index contributed by atoms with van der Waals surface area (Å²) < 4.78 is 60.9. The summed E-state index contributed by atoms with van der Waals surface area (Å²) in [5, 5.41) is 0. The van der Waals surface area contributed by atoms with Crippen molar-refractivity contribution >= 4 is 15.8 Å². The number of nitrogen functional groups attached to an aromatic ring is 1. The number of nitrogens with zero attached hydrogens (tertiary/aromatic N) is 1. The van der Waals surface area contributed by atoms with E-state index in [1.54, 1.807) is 0 Å². The quantitative estimate of drug-likeness (QED) is 0.797. The van der Waals surface area contributed by atoms with Gasteiger partial charge in [-0.1, -0.05) is 0 Å². The molecule has 102 valence electrons. The van der Waals surface area contributed by atoms with Gasteiger partial charge >= 0.3 is 6.18 Å². The van der Waals surface area contributed by atoms with Crippen LogP contribution in [-0.4, -0.2) is 26.1 Å². The molecule has 0 bridgehead atoms. The van der Waals surface area contributed by atoms with Crippen molar-refractivity contribution in [1.29, 1.82) is 0 Å². The molecule has 0 saturated heterocycles. The Kier molecular flexibility index (Phi) is 4.52. The number of aromatic nitrogens is 1. The van der Waals surface area contributed by atoms with Gasteiger partial charge in [0.05, 0.1) is 0 Å². The molecule has 3 N–H and O–H groups in total. The van der Waals surface area contributed by atoms with Crippen LogP contribution in [0.1, 0.15) is 12.8 Å². The van der Waals surface area contributed by atoms with Crippen LogP contribution < -0.4 is 10.5 Å². The zero-order chi connectivity index (χ0) is 13.8. The van der Waals surface area contributed by atoms with Crippen LogP contribution >= 0.6 is 0 Å². The second-order valence-corrected chi connectivity index (χ2v) is 5.24. The van der Waals surface area contributed by atoms with Crippen molar-refractivity contribution in [2.45, 2.75) is 23.9 Å². The lowest BCUT2D eigenvalue weighted by atomic mass is 10.3. The number of halogens is 3. The standard InChI is InChI=1S/C9H12F3N3O2S/c10-9(11,12)4-2-6-15-18(16,17)7-3-1-5-14-8(7)13/h1,3,5,15H,2,4,6H2,(H2,13,14). The third kappa shape index (κ3) is 4.49. The Morgan fingerprint density at radius 1 is 1.39 bits per heavy atom. The normalized spacial score (nSPS) is 12.6. The number of nitrogens with two attached hydrogens (primary N) is 1. The number of alkyl halides is 3. The van der Waals surface area contributed by atoms with Crippen molar-refractivity contribution in [3.63, 3.8) is 0 Å². The van der Waals surface area contributed by atoms with Crippen molar-refractivity contribution in [2.75, 3.05) is 12.3 Å². The molecule has 0 aliphatic carbocycles. The summed E-state index contributed by atoms with van der Waals surface area (Å²) in [7, 11) is -3.91. The first kappa shape index (κ1) is 14.7. The number of anilines is 1. The van der Waals surface area contributed by atoms with E-state index in [1.807, 2.05) is 4.72 Å². The minimum atomic E-state index is -4.29. The van der Waals surface area contributed by atoms with Gasteiger partial charge in [-0.15, -0.1) is 0 Å². The first-order valence-corrected chi connectivity index (χ1v) is 6.47. The number of nitrogens with one attached hydrogen (secondary N) is 1. The van der Waals surface area contributed by atoms with Gasteiger partial charge < -0.3 is 5.73 Å². The van der Waals surface area contributed by atoms with Crippen molar-refractivity contribution in [3.8, 4) is 0 Å². The van der Waals surface area contributed by atoms with Gasteiger partial charge in [0.2, 0.25) is 10.0 Å². The van der Waals surface area contributed by atoms with Gasteiger partial charge in [-0.05, 0) is 18.6 Å². The monoisotopic (exact) mass is 283 g/mol. The molecule has 1 heterocycles. The van der Waals surface area contributed by atoms with E-state index in [9.17, 15) is 21.6 Å². The van der Waals surface area contributed by atoms with E-state index in [0.29, 0.717) is 0 Å². The predicted octanol–water partition coefficient (Wildman–Crippen LogP) is 1.28. The van der Waals surface area contributed by atoms with Crippen molar-refractivity contribution < 1.29 is 21.6 Å². The van der Waals surface area contributed by atoms with Crippen LogP contribution in [0.3, 0.4) is 0 Å².